The van der Waals surface area contributed by atoms with Crippen LogP contribution >= 0.6 is 11.6 Å². The van der Waals surface area contributed by atoms with Crippen LogP contribution < -0.4 is 5.32 Å². The Labute approximate surface area is 116 Å². The van der Waals surface area contributed by atoms with Gasteiger partial charge in [-0.15, -0.1) is 0 Å². The van der Waals surface area contributed by atoms with Crippen molar-refractivity contribution in [2.75, 3.05) is 13.1 Å². The summed E-state index contributed by atoms with van der Waals surface area (Å²) in [7, 11) is 0. The van der Waals surface area contributed by atoms with Crippen molar-refractivity contribution in [1.82, 2.24) is 5.32 Å². The Hall–Kier alpha value is -0.570. The second-order valence-electron chi connectivity index (χ2n) is 4.94. The van der Waals surface area contributed by atoms with Crippen LogP contribution in [0.4, 0.5) is 0 Å². The topological polar surface area (TPSA) is 21.3 Å². The van der Waals surface area contributed by atoms with Crippen molar-refractivity contribution in [3.8, 4) is 0 Å². The number of halogens is 1. The van der Waals surface area contributed by atoms with E-state index >= 15 is 0 Å². The number of nitrogens with one attached hydrogen (secondary N) is 1. The lowest BCUT2D eigenvalue weighted by Crippen LogP contribution is -2.27. The molecule has 1 aromatic rings. The van der Waals surface area contributed by atoms with E-state index in [0.717, 1.165) is 23.7 Å². The minimum absolute atomic E-state index is 0.0565. The summed E-state index contributed by atoms with van der Waals surface area (Å²) < 4.78 is 6.13. The van der Waals surface area contributed by atoms with Gasteiger partial charge in [0.25, 0.3) is 0 Å². The third-order valence-corrected chi connectivity index (χ3v) is 3.35. The highest BCUT2D eigenvalue weighted by Crippen LogP contribution is 2.23. The molecule has 1 rings (SSSR count). The van der Waals surface area contributed by atoms with Crippen molar-refractivity contribution in [3.63, 3.8) is 0 Å². The fraction of sp³-hybridized carbons (Fsp3) is 0.600. The van der Waals surface area contributed by atoms with Gasteiger partial charge in [0.05, 0.1) is 12.2 Å². The molecule has 18 heavy (non-hydrogen) atoms. The summed E-state index contributed by atoms with van der Waals surface area (Å²) in [5, 5.41) is 4.10. The molecule has 0 saturated carbocycles. The Morgan fingerprint density at radius 1 is 1.28 bits per heavy atom. The number of hydrogen-bond donors (Lipinski definition) is 1. The molecular formula is C15H24ClNO. The van der Waals surface area contributed by atoms with Crippen LogP contribution in [0.3, 0.4) is 0 Å². The Balaban J connectivity index is 2.77. The summed E-state index contributed by atoms with van der Waals surface area (Å²) in [6.45, 7) is 10.3. The largest absolute Gasteiger partial charge is 0.369 e. The van der Waals surface area contributed by atoms with Crippen molar-refractivity contribution in [2.24, 2.45) is 5.92 Å². The highest BCUT2D eigenvalue weighted by molar-refractivity contribution is 6.30. The molecule has 2 unspecified atom stereocenters. The van der Waals surface area contributed by atoms with E-state index in [2.05, 4.69) is 39.1 Å². The first kappa shape index (κ1) is 15.5. The van der Waals surface area contributed by atoms with Gasteiger partial charge >= 0.3 is 0 Å². The molecule has 2 nitrogen and oxygen atoms in total. The maximum atomic E-state index is 6.13. The fourth-order valence-electron chi connectivity index (χ4n) is 1.64. The van der Waals surface area contributed by atoms with E-state index < -0.39 is 0 Å². The minimum atomic E-state index is 0.0565. The standard InChI is InChI=1S/C15H24ClNO/c1-5-17-10-15(18-12(4)11(2)3)13-7-6-8-14(16)9-13/h6-9,11-12,15,17H,5,10H2,1-4H3. The number of ether oxygens (including phenoxy) is 1. The predicted octanol–water partition coefficient (Wildman–Crippen LogP) is 4.05. The normalized spacial score (nSPS) is 14.8. The molecule has 0 aromatic heterocycles. The quantitative estimate of drug-likeness (QED) is 0.806. The lowest BCUT2D eigenvalue weighted by Gasteiger charge is -2.25. The molecule has 0 saturated heterocycles. The van der Waals surface area contributed by atoms with Gasteiger partial charge < -0.3 is 10.1 Å². The summed E-state index contributed by atoms with van der Waals surface area (Å²) >= 11 is 6.05. The third-order valence-electron chi connectivity index (χ3n) is 3.12. The zero-order chi connectivity index (χ0) is 13.5. The average molecular weight is 270 g/mol. The molecule has 0 aliphatic rings. The van der Waals surface area contributed by atoms with E-state index in [0.29, 0.717) is 5.92 Å². The fourth-order valence-corrected chi connectivity index (χ4v) is 1.84. The van der Waals surface area contributed by atoms with E-state index in [9.17, 15) is 0 Å². The Morgan fingerprint density at radius 2 is 2.00 bits per heavy atom. The lowest BCUT2D eigenvalue weighted by atomic mass is 10.1. The summed E-state index contributed by atoms with van der Waals surface area (Å²) in [5.41, 5.74) is 1.14. The third kappa shape index (κ3) is 4.97. The molecule has 0 heterocycles. The molecular weight excluding hydrogens is 246 g/mol. The van der Waals surface area contributed by atoms with Gasteiger partial charge in [-0.2, -0.15) is 0 Å². The second-order valence-corrected chi connectivity index (χ2v) is 5.37. The molecule has 2 atom stereocenters. The van der Waals surface area contributed by atoms with Gasteiger partial charge in [-0.3, -0.25) is 0 Å². The summed E-state index contributed by atoms with van der Waals surface area (Å²) in [6, 6.07) is 7.92. The van der Waals surface area contributed by atoms with Crippen LogP contribution in [0.2, 0.25) is 5.02 Å². The maximum Gasteiger partial charge on any atom is 0.0953 e. The van der Waals surface area contributed by atoms with Gasteiger partial charge in [0.15, 0.2) is 0 Å². The van der Waals surface area contributed by atoms with E-state index in [1.807, 2.05) is 18.2 Å². The van der Waals surface area contributed by atoms with Crippen LogP contribution in [0.5, 0.6) is 0 Å². The van der Waals surface area contributed by atoms with E-state index in [-0.39, 0.29) is 12.2 Å². The number of likely N-dealkylation sites (N-methyl/N-ethyl adjacent to an activating group) is 1. The highest BCUT2D eigenvalue weighted by Gasteiger charge is 2.17. The monoisotopic (exact) mass is 269 g/mol. The molecule has 0 fully saturated rings. The van der Waals surface area contributed by atoms with E-state index in [4.69, 9.17) is 16.3 Å². The van der Waals surface area contributed by atoms with Crippen LogP contribution in [0, 0.1) is 5.92 Å². The van der Waals surface area contributed by atoms with Gasteiger partial charge in [-0.25, -0.2) is 0 Å². The smallest absolute Gasteiger partial charge is 0.0953 e. The Kier molecular flexibility index (Phi) is 6.69. The van der Waals surface area contributed by atoms with E-state index in [1.165, 1.54) is 0 Å². The number of benzene rings is 1. The highest BCUT2D eigenvalue weighted by atomic mass is 35.5. The first-order valence-electron chi connectivity index (χ1n) is 6.66. The number of hydrogen-bond acceptors (Lipinski definition) is 2. The van der Waals surface area contributed by atoms with Crippen LogP contribution in [0.25, 0.3) is 0 Å². The van der Waals surface area contributed by atoms with Gasteiger partial charge in [0, 0.05) is 11.6 Å². The van der Waals surface area contributed by atoms with Crippen molar-refractivity contribution >= 4 is 11.6 Å². The lowest BCUT2D eigenvalue weighted by molar-refractivity contribution is -0.0257. The van der Waals surface area contributed by atoms with Gasteiger partial charge in [0.1, 0.15) is 0 Å². The molecule has 1 N–H and O–H groups in total. The molecule has 0 spiro atoms. The molecule has 0 bridgehead atoms. The predicted molar refractivity (Wildman–Crippen MR) is 78.1 cm³/mol. The van der Waals surface area contributed by atoms with Crippen molar-refractivity contribution in [1.29, 1.82) is 0 Å². The van der Waals surface area contributed by atoms with Crippen molar-refractivity contribution in [3.05, 3.63) is 34.9 Å². The average Bonchev–Trinajstić information content (AvgIpc) is 2.34. The second kappa shape index (κ2) is 7.78. The molecule has 0 aliphatic heterocycles. The summed E-state index contributed by atoms with van der Waals surface area (Å²) in [4.78, 5) is 0. The minimum Gasteiger partial charge on any atom is -0.369 e. The van der Waals surface area contributed by atoms with Gasteiger partial charge in [0.2, 0.25) is 0 Å². The molecule has 0 aliphatic carbocycles. The molecule has 1 aromatic carbocycles. The summed E-state index contributed by atoms with van der Waals surface area (Å²) in [5.74, 6) is 0.508. The number of rotatable bonds is 7. The first-order chi connectivity index (χ1) is 8.54. The van der Waals surface area contributed by atoms with Crippen LogP contribution in [0.15, 0.2) is 24.3 Å². The van der Waals surface area contributed by atoms with Crippen molar-refractivity contribution < 1.29 is 4.74 Å². The Bertz CT molecular complexity index is 354. The molecule has 0 radical (unpaired) electrons. The van der Waals surface area contributed by atoms with Gasteiger partial charge in [-0.1, -0.05) is 44.5 Å². The van der Waals surface area contributed by atoms with Crippen LogP contribution in [-0.4, -0.2) is 19.2 Å². The molecule has 102 valence electrons. The zero-order valence-electron chi connectivity index (χ0n) is 11.7. The molecule has 0 amide bonds. The van der Waals surface area contributed by atoms with Crippen LogP contribution in [-0.2, 0) is 4.74 Å². The zero-order valence-corrected chi connectivity index (χ0v) is 12.5. The van der Waals surface area contributed by atoms with E-state index in [1.54, 1.807) is 0 Å². The van der Waals surface area contributed by atoms with Gasteiger partial charge in [-0.05, 0) is 37.1 Å². The van der Waals surface area contributed by atoms with Crippen LogP contribution in [0.1, 0.15) is 39.4 Å². The summed E-state index contributed by atoms with van der Waals surface area (Å²) in [6.07, 6.45) is 0.286. The first-order valence-corrected chi connectivity index (χ1v) is 7.04. The molecule has 3 heteroatoms. The van der Waals surface area contributed by atoms with Crippen molar-refractivity contribution in [2.45, 2.75) is 39.9 Å². The maximum absolute atomic E-state index is 6.13. The Morgan fingerprint density at radius 3 is 2.56 bits per heavy atom. The SMILES string of the molecule is CCNCC(OC(C)C(C)C)c1cccc(Cl)c1.